The van der Waals surface area contributed by atoms with Crippen molar-refractivity contribution in [3.63, 3.8) is 0 Å². The first kappa shape index (κ1) is 8.50. The fourth-order valence-corrected chi connectivity index (χ4v) is 1.21. The molecule has 4 heteroatoms. The molecule has 0 unspecified atom stereocenters. The normalized spacial score (nSPS) is 10.0. The third kappa shape index (κ3) is 1.50. The molecular weight excluding hydrogens is 180 g/mol. The van der Waals surface area contributed by atoms with E-state index in [-0.39, 0.29) is 5.75 Å². The number of phenolic OH excluding ortho intramolecular Hbond substituents is 1. The fourth-order valence-electron chi connectivity index (χ4n) is 1.21. The van der Waals surface area contributed by atoms with E-state index in [9.17, 15) is 10.3 Å². The third-order valence-electron chi connectivity index (χ3n) is 1.85. The number of para-hydroxylation sites is 1. The molecule has 0 amide bonds. The molecule has 2 rings (SSSR count). The van der Waals surface area contributed by atoms with Crippen LogP contribution in [0.4, 0.5) is 0 Å². The molecule has 0 atom stereocenters. The molecule has 0 bridgehead atoms. The van der Waals surface area contributed by atoms with Gasteiger partial charge >= 0.3 is 0 Å². The van der Waals surface area contributed by atoms with Crippen LogP contribution in [0.3, 0.4) is 0 Å². The summed E-state index contributed by atoms with van der Waals surface area (Å²) in [6.07, 6.45) is 1.30. The second-order valence-corrected chi connectivity index (χ2v) is 2.81. The van der Waals surface area contributed by atoms with E-state index in [0.717, 1.165) is 0 Å². The smallest absolute Gasteiger partial charge is 0.209 e. The van der Waals surface area contributed by atoms with E-state index >= 15 is 0 Å². The highest BCUT2D eigenvalue weighted by Crippen LogP contribution is 2.25. The number of aromatic hydroxyl groups is 1. The van der Waals surface area contributed by atoms with E-state index in [1.165, 1.54) is 6.20 Å². The number of hydrogen-bond acceptors (Lipinski definition) is 3. The van der Waals surface area contributed by atoms with Crippen molar-refractivity contribution < 1.29 is 9.95 Å². The molecule has 1 aromatic carbocycles. The van der Waals surface area contributed by atoms with Crippen molar-refractivity contribution in [2.24, 2.45) is 0 Å². The van der Waals surface area contributed by atoms with Gasteiger partial charge in [0, 0.05) is 16.7 Å². The van der Waals surface area contributed by atoms with Crippen LogP contribution in [0.5, 0.6) is 5.75 Å². The fraction of sp³-hybridized carbons (Fsp3) is 0. The van der Waals surface area contributed by atoms with Crippen molar-refractivity contribution in [2.45, 2.75) is 0 Å². The molecule has 0 aliphatic heterocycles. The monoisotopic (exact) mass is 188 g/mol. The summed E-state index contributed by atoms with van der Waals surface area (Å²) in [6, 6.07) is 10.0. The topological polar surface area (TPSA) is 60.1 Å². The minimum atomic E-state index is 0.117. The van der Waals surface area contributed by atoms with E-state index in [0.29, 0.717) is 16.1 Å². The highest BCUT2D eigenvalue weighted by Gasteiger charge is 2.06. The van der Waals surface area contributed by atoms with Gasteiger partial charge in [-0.3, -0.25) is 0 Å². The Balaban J connectivity index is 2.55. The third-order valence-corrected chi connectivity index (χ3v) is 1.85. The van der Waals surface area contributed by atoms with Crippen LogP contribution in [0.15, 0.2) is 42.6 Å². The first-order valence-corrected chi connectivity index (χ1v) is 4.12. The van der Waals surface area contributed by atoms with Gasteiger partial charge in [-0.15, -0.1) is 0 Å². The maximum Gasteiger partial charge on any atom is 0.209 e. The molecule has 0 spiro atoms. The second kappa shape index (κ2) is 3.33. The van der Waals surface area contributed by atoms with Crippen LogP contribution in [0.2, 0.25) is 0 Å². The van der Waals surface area contributed by atoms with Gasteiger partial charge in [0.05, 0.1) is 0 Å². The largest absolute Gasteiger partial charge is 0.594 e. The average Bonchev–Trinajstić information content (AvgIpc) is 2.18. The Morgan fingerprint density at radius 1 is 1.14 bits per heavy atom. The maximum atomic E-state index is 10.9. The van der Waals surface area contributed by atoms with E-state index in [1.54, 1.807) is 36.4 Å². The highest BCUT2D eigenvalue weighted by molar-refractivity contribution is 5.65. The Morgan fingerprint density at radius 3 is 2.64 bits per heavy atom. The van der Waals surface area contributed by atoms with Crippen LogP contribution >= 0.6 is 0 Å². The molecule has 2 aromatic rings. The van der Waals surface area contributed by atoms with Crippen LogP contribution in [0.25, 0.3) is 11.3 Å². The van der Waals surface area contributed by atoms with Crippen molar-refractivity contribution in [1.82, 2.24) is 5.10 Å². The molecule has 14 heavy (non-hydrogen) atoms. The highest BCUT2D eigenvalue weighted by atomic mass is 16.5. The predicted octanol–water partition coefficient (Wildman–Crippen LogP) is 1.09. The average molecular weight is 188 g/mol. The van der Waals surface area contributed by atoms with Crippen LogP contribution in [0.1, 0.15) is 0 Å². The Bertz CT molecular complexity index is 457. The van der Waals surface area contributed by atoms with Gasteiger partial charge in [0.2, 0.25) is 6.20 Å². The lowest BCUT2D eigenvalue weighted by atomic mass is 10.1. The Hall–Kier alpha value is -2.10. The van der Waals surface area contributed by atoms with Gasteiger partial charge in [0.1, 0.15) is 11.4 Å². The number of phenols is 1. The minimum absolute atomic E-state index is 0.117. The molecule has 0 saturated carbocycles. The van der Waals surface area contributed by atoms with Gasteiger partial charge in [-0.1, -0.05) is 17.0 Å². The van der Waals surface area contributed by atoms with Gasteiger partial charge < -0.3 is 10.3 Å². The standard InChI is InChI=1S/C10H8N2O2/c13-10-6-2-1-4-8(10)9-5-3-7-12(14)11-9/h1-7,13H. The van der Waals surface area contributed by atoms with Crippen molar-refractivity contribution in [1.29, 1.82) is 0 Å². The predicted molar refractivity (Wildman–Crippen MR) is 50.3 cm³/mol. The van der Waals surface area contributed by atoms with E-state index in [2.05, 4.69) is 5.10 Å². The summed E-state index contributed by atoms with van der Waals surface area (Å²) in [6.45, 7) is 0. The molecule has 0 saturated heterocycles. The van der Waals surface area contributed by atoms with E-state index in [1.807, 2.05) is 0 Å². The summed E-state index contributed by atoms with van der Waals surface area (Å²) in [5.41, 5.74) is 1.01. The second-order valence-electron chi connectivity index (χ2n) is 2.81. The van der Waals surface area contributed by atoms with Crippen LogP contribution in [-0.2, 0) is 0 Å². The van der Waals surface area contributed by atoms with Crippen molar-refractivity contribution >= 4 is 0 Å². The molecule has 1 aromatic heterocycles. The molecule has 4 nitrogen and oxygen atoms in total. The summed E-state index contributed by atoms with van der Waals surface area (Å²) < 4.78 is 0. The summed E-state index contributed by atoms with van der Waals surface area (Å²) in [5.74, 6) is 0.117. The van der Waals surface area contributed by atoms with Crippen LogP contribution in [-0.4, -0.2) is 10.2 Å². The lowest BCUT2D eigenvalue weighted by Crippen LogP contribution is -2.30. The molecule has 0 radical (unpaired) electrons. The molecule has 0 aliphatic rings. The summed E-state index contributed by atoms with van der Waals surface area (Å²) in [4.78, 5) is 0.460. The maximum absolute atomic E-state index is 10.9. The number of rotatable bonds is 1. The van der Waals surface area contributed by atoms with Gasteiger partial charge in [0.15, 0.2) is 0 Å². The van der Waals surface area contributed by atoms with Crippen molar-refractivity contribution in [3.05, 3.63) is 47.8 Å². The van der Waals surface area contributed by atoms with E-state index < -0.39 is 0 Å². The van der Waals surface area contributed by atoms with Crippen LogP contribution in [0, 0.1) is 5.21 Å². The molecule has 1 heterocycles. The molecule has 1 N–H and O–H groups in total. The zero-order valence-corrected chi connectivity index (χ0v) is 7.29. The van der Waals surface area contributed by atoms with Crippen LogP contribution < -0.4 is 4.85 Å². The molecule has 0 aliphatic carbocycles. The number of nitrogens with zero attached hydrogens (tertiary/aromatic N) is 2. The lowest BCUT2D eigenvalue weighted by molar-refractivity contribution is -0.668. The summed E-state index contributed by atoms with van der Waals surface area (Å²) in [5, 5.41) is 24.1. The van der Waals surface area contributed by atoms with Gasteiger partial charge in [-0.25, -0.2) is 0 Å². The first-order chi connectivity index (χ1) is 6.77. The SMILES string of the molecule is [O-][n+]1cccc(-c2ccccc2O)n1. The quantitative estimate of drug-likeness (QED) is 0.538. The van der Waals surface area contributed by atoms with Gasteiger partial charge in [-0.2, -0.15) is 0 Å². The zero-order valence-electron chi connectivity index (χ0n) is 7.29. The summed E-state index contributed by atoms with van der Waals surface area (Å²) in [7, 11) is 0. The molecule has 70 valence electrons. The zero-order chi connectivity index (χ0) is 9.97. The minimum Gasteiger partial charge on any atom is -0.594 e. The summed E-state index contributed by atoms with van der Waals surface area (Å²) >= 11 is 0. The first-order valence-electron chi connectivity index (χ1n) is 4.12. The Labute approximate surface area is 80.6 Å². The number of aromatic nitrogens is 2. The Kier molecular flexibility index (Phi) is 2.02. The van der Waals surface area contributed by atoms with E-state index in [4.69, 9.17) is 0 Å². The van der Waals surface area contributed by atoms with Gasteiger partial charge in [-0.05, 0) is 18.2 Å². The van der Waals surface area contributed by atoms with Crippen molar-refractivity contribution in [2.75, 3.05) is 0 Å². The Morgan fingerprint density at radius 2 is 1.93 bits per heavy atom. The van der Waals surface area contributed by atoms with Crippen molar-refractivity contribution in [3.8, 4) is 17.0 Å². The molecular formula is C10H8N2O2. The lowest BCUT2D eigenvalue weighted by Gasteiger charge is -2.01. The van der Waals surface area contributed by atoms with Gasteiger partial charge in [0.25, 0.3) is 0 Å². The number of hydrogen-bond donors (Lipinski definition) is 1. The number of benzene rings is 1. The molecule has 0 fully saturated rings.